The van der Waals surface area contributed by atoms with Crippen LogP contribution in [0.5, 0.6) is 0 Å². The van der Waals surface area contributed by atoms with Crippen molar-refractivity contribution in [3.8, 4) is 17.9 Å². The predicted octanol–water partition coefficient (Wildman–Crippen LogP) is 1.79. The highest BCUT2D eigenvalue weighted by Crippen LogP contribution is 2.03. The molecule has 0 amide bonds. The molecule has 2 nitrogen and oxygen atoms in total. The molecule has 3 heteroatoms. The third-order valence-electron chi connectivity index (χ3n) is 1.44. The first-order chi connectivity index (χ1) is 6.24. The summed E-state index contributed by atoms with van der Waals surface area (Å²) in [6.45, 7) is 1.68. The van der Waals surface area contributed by atoms with Crippen molar-refractivity contribution < 1.29 is 4.39 Å². The molecule has 0 unspecified atom stereocenters. The van der Waals surface area contributed by atoms with E-state index < -0.39 is 5.95 Å². The standard InChI is InChI=1S/C10H7FN2/c1-8-9(4-2-3-7-12)5-6-10(11)13-8/h5-6H,3H2,1H3. The molecule has 64 valence electrons. The van der Waals surface area contributed by atoms with Gasteiger partial charge in [0.05, 0.1) is 18.2 Å². The molecular weight excluding hydrogens is 167 g/mol. The van der Waals surface area contributed by atoms with E-state index in [9.17, 15) is 4.39 Å². The zero-order valence-electron chi connectivity index (χ0n) is 7.13. The minimum absolute atomic E-state index is 0.177. The molecule has 0 aliphatic heterocycles. The Balaban J connectivity index is 2.93. The van der Waals surface area contributed by atoms with Gasteiger partial charge in [-0.25, -0.2) is 4.98 Å². The molecule has 0 fully saturated rings. The zero-order valence-corrected chi connectivity index (χ0v) is 7.13. The van der Waals surface area contributed by atoms with Crippen molar-refractivity contribution in [1.82, 2.24) is 4.98 Å². The number of aromatic nitrogens is 1. The average molecular weight is 174 g/mol. The van der Waals surface area contributed by atoms with Crippen LogP contribution in [-0.4, -0.2) is 4.98 Å². The van der Waals surface area contributed by atoms with Gasteiger partial charge in [-0.3, -0.25) is 0 Å². The number of pyridine rings is 1. The van der Waals surface area contributed by atoms with E-state index in [1.807, 2.05) is 6.07 Å². The van der Waals surface area contributed by atoms with Gasteiger partial charge >= 0.3 is 0 Å². The maximum atomic E-state index is 12.5. The van der Waals surface area contributed by atoms with Crippen LogP contribution in [0.2, 0.25) is 0 Å². The van der Waals surface area contributed by atoms with Crippen LogP contribution in [0, 0.1) is 36.0 Å². The fourth-order valence-corrected chi connectivity index (χ4v) is 0.841. The van der Waals surface area contributed by atoms with E-state index in [2.05, 4.69) is 16.8 Å². The largest absolute Gasteiger partial charge is 0.224 e. The highest BCUT2D eigenvalue weighted by Gasteiger charge is 1.96. The van der Waals surface area contributed by atoms with Crippen molar-refractivity contribution in [2.45, 2.75) is 13.3 Å². The lowest BCUT2D eigenvalue weighted by Crippen LogP contribution is -1.90. The van der Waals surface area contributed by atoms with Crippen molar-refractivity contribution in [2.75, 3.05) is 0 Å². The molecule has 13 heavy (non-hydrogen) atoms. The second-order valence-electron chi connectivity index (χ2n) is 2.40. The molecule has 0 atom stereocenters. The van der Waals surface area contributed by atoms with Gasteiger partial charge in [-0.15, -0.1) is 0 Å². The summed E-state index contributed by atoms with van der Waals surface area (Å²) in [4.78, 5) is 3.60. The number of nitriles is 1. The van der Waals surface area contributed by atoms with Gasteiger partial charge in [-0.2, -0.15) is 9.65 Å². The third kappa shape index (κ3) is 2.57. The summed E-state index contributed by atoms with van der Waals surface area (Å²) >= 11 is 0. The first-order valence-electron chi connectivity index (χ1n) is 3.73. The van der Waals surface area contributed by atoms with E-state index in [1.165, 1.54) is 6.07 Å². The number of rotatable bonds is 0. The van der Waals surface area contributed by atoms with E-state index in [0.717, 1.165) is 0 Å². The van der Waals surface area contributed by atoms with Gasteiger partial charge in [0.1, 0.15) is 0 Å². The first kappa shape index (κ1) is 9.22. The summed E-state index contributed by atoms with van der Waals surface area (Å²) in [5.74, 6) is 4.87. The van der Waals surface area contributed by atoms with E-state index in [4.69, 9.17) is 5.26 Å². The van der Waals surface area contributed by atoms with E-state index in [1.54, 1.807) is 13.0 Å². The van der Waals surface area contributed by atoms with Gasteiger partial charge in [0.2, 0.25) is 5.95 Å². The Bertz CT molecular complexity index is 407. The molecule has 0 aliphatic carbocycles. The molecule has 0 aromatic carbocycles. The Labute approximate surface area is 76.0 Å². The minimum atomic E-state index is -0.511. The molecule has 0 bridgehead atoms. The Hall–Kier alpha value is -1.87. The van der Waals surface area contributed by atoms with Crippen molar-refractivity contribution in [3.63, 3.8) is 0 Å². The van der Waals surface area contributed by atoms with Gasteiger partial charge in [0.15, 0.2) is 0 Å². The molecule has 0 spiro atoms. The Morgan fingerprint density at radius 2 is 2.31 bits per heavy atom. The van der Waals surface area contributed by atoms with Crippen LogP contribution in [0.3, 0.4) is 0 Å². The lowest BCUT2D eigenvalue weighted by atomic mass is 10.2. The van der Waals surface area contributed by atoms with E-state index >= 15 is 0 Å². The van der Waals surface area contributed by atoms with Crippen molar-refractivity contribution >= 4 is 0 Å². The SMILES string of the molecule is Cc1nc(F)ccc1C#CCC#N. The highest BCUT2D eigenvalue weighted by atomic mass is 19.1. The summed E-state index contributed by atoms with van der Waals surface area (Å²) in [7, 11) is 0. The third-order valence-corrected chi connectivity index (χ3v) is 1.44. The van der Waals surface area contributed by atoms with Crippen LogP contribution in [-0.2, 0) is 0 Å². The molecule has 0 N–H and O–H groups in total. The van der Waals surface area contributed by atoms with Gasteiger partial charge in [0.25, 0.3) is 0 Å². The van der Waals surface area contributed by atoms with Gasteiger partial charge in [-0.05, 0) is 19.1 Å². The quantitative estimate of drug-likeness (QED) is 0.444. The summed E-state index contributed by atoms with van der Waals surface area (Å²) in [5, 5.41) is 8.23. The maximum absolute atomic E-state index is 12.5. The van der Waals surface area contributed by atoms with Crippen LogP contribution >= 0.6 is 0 Å². The number of aryl methyl sites for hydroxylation is 1. The maximum Gasteiger partial charge on any atom is 0.213 e. The number of halogens is 1. The fourth-order valence-electron chi connectivity index (χ4n) is 0.841. The molecule has 1 heterocycles. The van der Waals surface area contributed by atoms with Crippen LogP contribution in [0.1, 0.15) is 17.7 Å². The normalized spacial score (nSPS) is 8.38. The monoisotopic (exact) mass is 174 g/mol. The average Bonchev–Trinajstić information content (AvgIpc) is 2.09. The van der Waals surface area contributed by atoms with Crippen LogP contribution in [0.25, 0.3) is 0 Å². The summed E-state index contributed by atoms with van der Waals surface area (Å²) in [5.41, 5.74) is 1.21. The number of hydrogen-bond donors (Lipinski definition) is 0. The summed E-state index contributed by atoms with van der Waals surface area (Å²) in [6.07, 6.45) is 0.177. The first-order valence-corrected chi connectivity index (χ1v) is 3.73. The highest BCUT2D eigenvalue weighted by molar-refractivity contribution is 5.37. The van der Waals surface area contributed by atoms with E-state index in [0.29, 0.717) is 11.3 Å². The van der Waals surface area contributed by atoms with Crippen molar-refractivity contribution in [1.29, 1.82) is 5.26 Å². The van der Waals surface area contributed by atoms with E-state index in [-0.39, 0.29) is 6.42 Å². The molecule has 1 aromatic heterocycles. The molecule has 1 rings (SSSR count). The molecule has 0 radical (unpaired) electrons. The van der Waals surface area contributed by atoms with Gasteiger partial charge < -0.3 is 0 Å². The molecule has 0 saturated heterocycles. The number of nitrogens with zero attached hydrogens (tertiary/aromatic N) is 2. The summed E-state index contributed by atoms with van der Waals surface area (Å²) in [6, 6.07) is 4.71. The predicted molar refractivity (Wildman–Crippen MR) is 46.0 cm³/mol. The smallest absolute Gasteiger partial charge is 0.213 e. The zero-order chi connectivity index (χ0) is 9.68. The molecule has 0 aliphatic rings. The lowest BCUT2D eigenvalue weighted by Gasteiger charge is -1.95. The Kier molecular flexibility index (Phi) is 3.00. The van der Waals surface area contributed by atoms with Gasteiger partial charge in [0, 0.05) is 5.56 Å². The second kappa shape index (κ2) is 4.23. The molecule has 1 aromatic rings. The van der Waals surface area contributed by atoms with Crippen molar-refractivity contribution in [2.24, 2.45) is 0 Å². The number of hydrogen-bond acceptors (Lipinski definition) is 2. The van der Waals surface area contributed by atoms with Gasteiger partial charge in [-0.1, -0.05) is 11.8 Å². The fraction of sp³-hybridized carbons (Fsp3) is 0.200. The Morgan fingerprint density at radius 1 is 1.54 bits per heavy atom. The van der Waals surface area contributed by atoms with Crippen LogP contribution in [0.15, 0.2) is 12.1 Å². The van der Waals surface area contributed by atoms with Crippen molar-refractivity contribution in [3.05, 3.63) is 29.3 Å². The molecule has 0 saturated carbocycles. The lowest BCUT2D eigenvalue weighted by molar-refractivity contribution is 0.579. The second-order valence-corrected chi connectivity index (χ2v) is 2.40. The van der Waals surface area contributed by atoms with Crippen LogP contribution < -0.4 is 0 Å². The summed E-state index contributed by atoms with van der Waals surface area (Å²) < 4.78 is 12.5. The van der Waals surface area contributed by atoms with Crippen LogP contribution in [0.4, 0.5) is 4.39 Å². The minimum Gasteiger partial charge on any atom is -0.224 e. The Morgan fingerprint density at radius 3 is 2.92 bits per heavy atom. The molecular formula is C10H7FN2. The topological polar surface area (TPSA) is 36.7 Å².